The predicted octanol–water partition coefficient (Wildman–Crippen LogP) is 3.41. The molecule has 0 saturated carbocycles. The number of carbonyl (C=O) groups is 1. The number of aryl methyl sites for hydroxylation is 2. The summed E-state index contributed by atoms with van der Waals surface area (Å²) in [5.41, 5.74) is 3.27. The second-order valence-electron chi connectivity index (χ2n) is 6.33. The minimum atomic E-state index is -0.335. The van der Waals surface area contributed by atoms with Crippen molar-refractivity contribution in [1.82, 2.24) is 10.6 Å². The second-order valence-corrected chi connectivity index (χ2v) is 6.33. The molecule has 2 heterocycles. The molecule has 2 aromatic rings. The lowest BCUT2D eigenvalue weighted by Crippen LogP contribution is -2.42. The number of rotatable bonds is 5. The first-order valence-electron chi connectivity index (χ1n) is 8.41. The second kappa shape index (κ2) is 7.61. The van der Waals surface area contributed by atoms with Crippen LogP contribution in [-0.4, -0.2) is 26.4 Å². The molecule has 1 aromatic carbocycles. The molecular formula is C19H24N2O4. The van der Waals surface area contributed by atoms with Crippen molar-refractivity contribution in [3.05, 3.63) is 53.0 Å². The molecule has 0 radical (unpaired) electrons. The monoisotopic (exact) mass is 344 g/mol. The average molecular weight is 344 g/mol. The maximum atomic E-state index is 12.5. The predicted molar refractivity (Wildman–Crippen MR) is 93.8 cm³/mol. The molecule has 0 fully saturated rings. The lowest BCUT2D eigenvalue weighted by molar-refractivity contribution is 0.155. The molecule has 2 atom stereocenters. The summed E-state index contributed by atoms with van der Waals surface area (Å²) in [6.07, 6.45) is 2.32. The van der Waals surface area contributed by atoms with Crippen LogP contribution in [0.1, 0.15) is 41.0 Å². The summed E-state index contributed by atoms with van der Waals surface area (Å²) < 4.78 is 16.4. The summed E-state index contributed by atoms with van der Waals surface area (Å²) in [6.45, 7) is 5.00. The van der Waals surface area contributed by atoms with Gasteiger partial charge in [-0.15, -0.1) is 0 Å². The van der Waals surface area contributed by atoms with E-state index in [2.05, 4.69) is 22.8 Å². The number of furan rings is 1. The lowest BCUT2D eigenvalue weighted by atomic mass is 9.96. The molecule has 0 saturated heterocycles. The standard InChI is InChI=1S/C19H24N2O4/c1-12-9-13(2)18-14(10-12)15(6-8-25-18)20-19(22)21-16(11-23-3)17-5-4-7-24-17/h4-5,7,9-10,15-16H,6,8,11H2,1-3H3,(H2,20,21,22)/t15-,16-/m1/s1. The van der Waals surface area contributed by atoms with E-state index in [4.69, 9.17) is 13.9 Å². The van der Waals surface area contributed by atoms with Crippen LogP contribution in [0.4, 0.5) is 4.79 Å². The fourth-order valence-electron chi connectivity index (χ4n) is 3.24. The van der Waals surface area contributed by atoms with E-state index in [0.717, 1.165) is 28.9 Å². The zero-order valence-electron chi connectivity index (χ0n) is 14.8. The maximum absolute atomic E-state index is 12.5. The van der Waals surface area contributed by atoms with Crippen LogP contribution in [-0.2, 0) is 4.74 Å². The van der Waals surface area contributed by atoms with Gasteiger partial charge in [0.05, 0.1) is 25.5 Å². The Kier molecular flexibility index (Phi) is 5.28. The minimum absolute atomic E-state index is 0.0813. The fraction of sp³-hybridized carbons (Fsp3) is 0.421. The van der Waals surface area contributed by atoms with Gasteiger partial charge in [-0.25, -0.2) is 4.79 Å². The first-order valence-corrected chi connectivity index (χ1v) is 8.41. The summed E-state index contributed by atoms with van der Waals surface area (Å²) >= 11 is 0. The third-order valence-corrected chi connectivity index (χ3v) is 4.31. The highest BCUT2D eigenvalue weighted by atomic mass is 16.5. The largest absolute Gasteiger partial charge is 0.493 e. The highest BCUT2D eigenvalue weighted by Gasteiger charge is 2.26. The number of ether oxygens (including phenoxy) is 2. The van der Waals surface area contributed by atoms with Crippen LogP contribution in [0.2, 0.25) is 0 Å². The van der Waals surface area contributed by atoms with Crippen LogP contribution < -0.4 is 15.4 Å². The van der Waals surface area contributed by atoms with Gasteiger partial charge in [-0.3, -0.25) is 0 Å². The Bertz CT molecular complexity index is 727. The number of methoxy groups -OCH3 is 1. The molecule has 2 N–H and O–H groups in total. The van der Waals surface area contributed by atoms with Gasteiger partial charge in [-0.2, -0.15) is 0 Å². The highest BCUT2D eigenvalue weighted by molar-refractivity contribution is 5.75. The van der Waals surface area contributed by atoms with Crippen molar-refractivity contribution < 1.29 is 18.7 Å². The molecule has 1 aliphatic rings. The Morgan fingerprint density at radius 3 is 2.96 bits per heavy atom. The first-order chi connectivity index (χ1) is 12.1. The van der Waals surface area contributed by atoms with Crippen LogP contribution >= 0.6 is 0 Å². The Morgan fingerprint density at radius 1 is 1.40 bits per heavy atom. The van der Waals surface area contributed by atoms with Crippen LogP contribution in [0, 0.1) is 13.8 Å². The van der Waals surface area contributed by atoms with E-state index in [1.54, 1.807) is 19.4 Å². The molecule has 1 aromatic heterocycles. The molecule has 6 heteroatoms. The van der Waals surface area contributed by atoms with Crippen LogP contribution in [0.15, 0.2) is 34.9 Å². The molecule has 6 nitrogen and oxygen atoms in total. The fourth-order valence-corrected chi connectivity index (χ4v) is 3.24. The quantitative estimate of drug-likeness (QED) is 0.872. The van der Waals surface area contributed by atoms with Gasteiger partial charge in [0.1, 0.15) is 17.6 Å². The summed E-state index contributed by atoms with van der Waals surface area (Å²) in [4.78, 5) is 12.5. The summed E-state index contributed by atoms with van der Waals surface area (Å²) in [7, 11) is 1.59. The number of urea groups is 1. The summed E-state index contributed by atoms with van der Waals surface area (Å²) in [5, 5.41) is 5.97. The van der Waals surface area contributed by atoms with E-state index in [1.165, 1.54) is 0 Å². The summed E-state index contributed by atoms with van der Waals surface area (Å²) in [6, 6.07) is 7.10. The number of carbonyl (C=O) groups excluding carboxylic acids is 1. The van der Waals surface area contributed by atoms with Gasteiger partial charge in [0, 0.05) is 19.1 Å². The van der Waals surface area contributed by atoms with E-state index in [-0.39, 0.29) is 18.1 Å². The summed E-state index contributed by atoms with van der Waals surface area (Å²) in [5.74, 6) is 1.54. The molecule has 0 aliphatic carbocycles. The highest BCUT2D eigenvalue weighted by Crippen LogP contribution is 2.35. The van der Waals surface area contributed by atoms with Crippen molar-refractivity contribution in [3.8, 4) is 5.75 Å². The van der Waals surface area contributed by atoms with Gasteiger partial charge in [0.2, 0.25) is 0 Å². The lowest BCUT2D eigenvalue weighted by Gasteiger charge is -2.29. The normalized spacial score (nSPS) is 17.3. The van der Waals surface area contributed by atoms with E-state index in [1.807, 2.05) is 19.9 Å². The van der Waals surface area contributed by atoms with Crippen molar-refractivity contribution in [2.24, 2.45) is 0 Å². The molecule has 0 bridgehead atoms. The molecule has 25 heavy (non-hydrogen) atoms. The number of hydrogen-bond acceptors (Lipinski definition) is 4. The Morgan fingerprint density at radius 2 is 2.24 bits per heavy atom. The zero-order valence-corrected chi connectivity index (χ0v) is 14.8. The van der Waals surface area contributed by atoms with E-state index in [0.29, 0.717) is 19.0 Å². The van der Waals surface area contributed by atoms with Gasteiger partial charge in [-0.05, 0) is 31.5 Å². The van der Waals surface area contributed by atoms with Crippen molar-refractivity contribution >= 4 is 6.03 Å². The van der Waals surface area contributed by atoms with Crippen molar-refractivity contribution in [2.75, 3.05) is 20.3 Å². The van der Waals surface area contributed by atoms with Crippen LogP contribution in [0.3, 0.4) is 0 Å². The minimum Gasteiger partial charge on any atom is -0.493 e. The van der Waals surface area contributed by atoms with E-state index >= 15 is 0 Å². The zero-order chi connectivity index (χ0) is 17.8. The van der Waals surface area contributed by atoms with Crippen LogP contribution in [0.25, 0.3) is 0 Å². The van der Waals surface area contributed by atoms with Crippen LogP contribution in [0.5, 0.6) is 5.75 Å². The first kappa shape index (κ1) is 17.4. The third kappa shape index (κ3) is 3.96. The SMILES string of the molecule is COC[C@@H](NC(=O)N[C@@H]1CCOc2c(C)cc(C)cc21)c1ccco1. The Labute approximate surface area is 147 Å². The van der Waals surface area contributed by atoms with Crippen molar-refractivity contribution in [1.29, 1.82) is 0 Å². The molecule has 1 aliphatic heterocycles. The Hall–Kier alpha value is -2.47. The number of nitrogens with one attached hydrogen (secondary N) is 2. The van der Waals surface area contributed by atoms with Gasteiger partial charge in [0.25, 0.3) is 0 Å². The number of fused-ring (bicyclic) bond motifs is 1. The average Bonchev–Trinajstić information content (AvgIpc) is 3.09. The van der Waals surface area contributed by atoms with E-state index in [9.17, 15) is 4.79 Å². The Balaban J connectivity index is 1.72. The van der Waals surface area contributed by atoms with Gasteiger partial charge < -0.3 is 24.5 Å². The van der Waals surface area contributed by atoms with E-state index < -0.39 is 0 Å². The number of hydrogen-bond donors (Lipinski definition) is 2. The van der Waals surface area contributed by atoms with Crippen molar-refractivity contribution in [3.63, 3.8) is 0 Å². The molecule has 0 spiro atoms. The number of benzene rings is 1. The van der Waals surface area contributed by atoms with Gasteiger partial charge in [-0.1, -0.05) is 17.7 Å². The molecular weight excluding hydrogens is 320 g/mol. The number of amides is 2. The molecule has 0 unspecified atom stereocenters. The smallest absolute Gasteiger partial charge is 0.315 e. The maximum Gasteiger partial charge on any atom is 0.315 e. The van der Waals surface area contributed by atoms with Gasteiger partial charge in [0.15, 0.2) is 0 Å². The van der Waals surface area contributed by atoms with Crippen molar-refractivity contribution in [2.45, 2.75) is 32.4 Å². The third-order valence-electron chi connectivity index (χ3n) is 4.31. The topological polar surface area (TPSA) is 72.7 Å². The van der Waals surface area contributed by atoms with Gasteiger partial charge >= 0.3 is 6.03 Å². The molecule has 3 rings (SSSR count). The molecule has 134 valence electrons. The molecule has 2 amide bonds.